The molecule has 3 fully saturated rings. The summed E-state index contributed by atoms with van der Waals surface area (Å²) in [6.45, 7) is 19.5. The Kier molecular flexibility index (Phi) is 30.4. The topological polar surface area (TPSA) is 142 Å². The standard InChI is InChI=1S/2C23H34O6.C10H16/c2*1-4-26-15-10-11-16-27-18-21(20-12-6-5-7-13-20)29-22(24)14-8-9-17-28-23(25)19(2)3;1-2-9-7-4-5-8(6-7)10(9)3-1/h2*5-7,12-13,21H,2,4,8-11,14-18H2,1,3H3;7-10H,1-6H2. The molecule has 2 bridgehead atoms. The van der Waals surface area contributed by atoms with Crippen molar-refractivity contribution in [3.05, 3.63) is 96.1 Å². The summed E-state index contributed by atoms with van der Waals surface area (Å²) in [7, 11) is 0. The van der Waals surface area contributed by atoms with Crippen LogP contribution in [0.3, 0.4) is 0 Å². The van der Waals surface area contributed by atoms with Gasteiger partial charge in [-0.05, 0) is 146 Å². The average molecular weight is 949 g/mol. The van der Waals surface area contributed by atoms with Crippen LogP contribution in [0.25, 0.3) is 0 Å². The highest BCUT2D eigenvalue weighted by atomic mass is 16.6. The number of rotatable bonds is 32. The van der Waals surface area contributed by atoms with E-state index in [0.29, 0.717) is 63.3 Å². The Labute approximate surface area is 408 Å². The second-order valence-corrected chi connectivity index (χ2v) is 18.1. The van der Waals surface area contributed by atoms with Crippen LogP contribution < -0.4 is 0 Å². The average Bonchev–Trinajstić information content (AvgIpc) is 4.11. The van der Waals surface area contributed by atoms with Gasteiger partial charge >= 0.3 is 23.9 Å². The number of unbranched alkanes of at least 4 members (excludes halogenated alkanes) is 4. The van der Waals surface area contributed by atoms with E-state index in [1.54, 1.807) is 52.4 Å². The van der Waals surface area contributed by atoms with Gasteiger partial charge in [0.2, 0.25) is 0 Å². The molecule has 2 aromatic rings. The zero-order chi connectivity index (χ0) is 49.2. The van der Waals surface area contributed by atoms with Crippen molar-refractivity contribution in [1.82, 2.24) is 0 Å². The molecule has 12 nitrogen and oxygen atoms in total. The predicted octanol–water partition coefficient (Wildman–Crippen LogP) is 11.6. The SMILES string of the molecule is C1CC2C3CCC(C3)C2C1.C=C(C)C(=O)OCCCCC(=O)OC(COCCCCOCC)c1ccccc1.C=C(C)C(=O)OCCCCC(=O)OC(COCCCCOCC)c1ccccc1. The molecular formula is C56H84O12. The summed E-state index contributed by atoms with van der Waals surface area (Å²) in [6, 6.07) is 19.2. The van der Waals surface area contributed by atoms with E-state index in [-0.39, 0.29) is 38.0 Å². The van der Waals surface area contributed by atoms with Crippen LogP contribution in [0.4, 0.5) is 0 Å². The summed E-state index contributed by atoms with van der Waals surface area (Å²) in [6.07, 6.45) is 15.3. The highest BCUT2D eigenvalue weighted by molar-refractivity contribution is 5.87. The second-order valence-electron chi connectivity index (χ2n) is 18.1. The zero-order valence-electron chi connectivity index (χ0n) is 41.9. The maximum absolute atomic E-state index is 12.2. The number of benzene rings is 2. The molecule has 0 saturated heterocycles. The number of esters is 4. The van der Waals surface area contributed by atoms with E-state index < -0.39 is 24.1 Å². The lowest BCUT2D eigenvalue weighted by Crippen LogP contribution is -2.17. The molecule has 0 aliphatic heterocycles. The molecule has 380 valence electrons. The first kappa shape index (κ1) is 58.0. The van der Waals surface area contributed by atoms with Crippen LogP contribution >= 0.6 is 0 Å². The van der Waals surface area contributed by atoms with Gasteiger partial charge < -0.3 is 37.9 Å². The molecule has 3 aliphatic rings. The molecule has 6 unspecified atom stereocenters. The van der Waals surface area contributed by atoms with Crippen molar-refractivity contribution in [3.63, 3.8) is 0 Å². The Bertz CT molecular complexity index is 1590. The Morgan fingerprint density at radius 1 is 0.515 bits per heavy atom. The number of hydrogen-bond acceptors (Lipinski definition) is 12. The summed E-state index contributed by atoms with van der Waals surface area (Å²) in [5.74, 6) is 3.41. The maximum Gasteiger partial charge on any atom is 0.333 e. The first-order valence-electron chi connectivity index (χ1n) is 25.5. The summed E-state index contributed by atoms with van der Waals surface area (Å²) in [5, 5.41) is 0. The molecule has 0 amide bonds. The molecule has 0 aromatic heterocycles. The third-order valence-corrected chi connectivity index (χ3v) is 12.6. The van der Waals surface area contributed by atoms with Crippen molar-refractivity contribution in [2.45, 2.75) is 143 Å². The third kappa shape index (κ3) is 24.3. The lowest BCUT2D eigenvalue weighted by Gasteiger charge is -2.23. The van der Waals surface area contributed by atoms with Gasteiger partial charge in [0.15, 0.2) is 12.2 Å². The van der Waals surface area contributed by atoms with Crippen LogP contribution in [0.2, 0.25) is 0 Å². The van der Waals surface area contributed by atoms with Gasteiger partial charge in [-0.3, -0.25) is 9.59 Å². The van der Waals surface area contributed by atoms with E-state index >= 15 is 0 Å². The van der Waals surface area contributed by atoms with Gasteiger partial charge in [0, 0.05) is 63.6 Å². The monoisotopic (exact) mass is 949 g/mol. The quantitative estimate of drug-likeness (QED) is 0.0298. The number of ether oxygens (including phenoxy) is 8. The zero-order valence-corrected chi connectivity index (χ0v) is 41.9. The summed E-state index contributed by atoms with van der Waals surface area (Å²) in [5.41, 5.74) is 2.55. The van der Waals surface area contributed by atoms with E-state index in [1.165, 1.54) is 23.7 Å². The van der Waals surface area contributed by atoms with Crippen molar-refractivity contribution >= 4 is 23.9 Å². The molecule has 0 heterocycles. The van der Waals surface area contributed by atoms with Gasteiger partial charge in [0.05, 0.1) is 26.4 Å². The van der Waals surface area contributed by atoms with E-state index in [1.807, 2.05) is 74.5 Å². The Morgan fingerprint density at radius 3 is 1.25 bits per heavy atom. The normalized spacial score (nSPS) is 18.4. The van der Waals surface area contributed by atoms with Gasteiger partial charge in [-0.1, -0.05) is 80.2 Å². The van der Waals surface area contributed by atoms with Gasteiger partial charge in [-0.25, -0.2) is 9.59 Å². The lowest BCUT2D eigenvalue weighted by atomic mass is 9.82. The number of fused-ring (bicyclic) bond motifs is 5. The van der Waals surface area contributed by atoms with Crippen molar-refractivity contribution in [1.29, 1.82) is 0 Å². The van der Waals surface area contributed by atoms with Crippen LogP contribution in [-0.4, -0.2) is 89.9 Å². The van der Waals surface area contributed by atoms with E-state index in [4.69, 9.17) is 37.9 Å². The van der Waals surface area contributed by atoms with Crippen LogP contribution in [0, 0.1) is 23.7 Å². The molecule has 0 radical (unpaired) electrons. The van der Waals surface area contributed by atoms with Crippen molar-refractivity contribution in [2.75, 3.05) is 66.1 Å². The maximum atomic E-state index is 12.2. The Balaban J connectivity index is 0.000000296. The molecule has 2 aromatic carbocycles. The van der Waals surface area contributed by atoms with Crippen LogP contribution in [0.1, 0.15) is 154 Å². The van der Waals surface area contributed by atoms with Crippen LogP contribution in [-0.2, 0) is 57.1 Å². The minimum absolute atomic E-state index is 0.266. The second kappa shape index (κ2) is 35.7. The summed E-state index contributed by atoms with van der Waals surface area (Å²) >= 11 is 0. The minimum atomic E-state index is -0.433. The summed E-state index contributed by atoms with van der Waals surface area (Å²) < 4.78 is 43.4. The Morgan fingerprint density at radius 2 is 0.882 bits per heavy atom. The molecule has 0 spiro atoms. The van der Waals surface area contributed by atoms with Crippen molar-refractivity contribution in [3.8, 4) is 0 Å². The van der Waals surface area contributed by atoms with Gasteiger partial charge in [0.1, 0.15) is 0 Å². The fourth-order valence-corrected chi connectivity index (χ4v) is 8.99. The largest absolute Gasteiger partial charge is 0.462 e. The molecule has 5 rings (SSSR count). The van der Waals surface area contributed by atoms with Crippen LogP contribution in [0.5, 0.6) is 0 Å². The minimum Gasteiger partial charge on any atom is -0.462 e. The molecule has 0 N–H and O–H groups in total. The number of hydrogen-bond donors (Lipinski definition) is 0. The third-order valence-electron chi connectivity index (χ3n) is 12.6. The van der Waals surface area contributed by atoms with E-state index in [9.17, 15) is 19.2 Å². The first-order chi connectivity index (χ1) is 33.0. The molecule has 12 heteroatoms. The van der Waals surface area contributed by atoms with Crippen LogP contribution in [0.15, 0.2) is 85.0 Å². The molecule has 6 atom stereocenters. The first-order valence-corrected chi connectivity index (χ1v) is 25.5. The smallest absolute Gasteiger partial charge is 0.333 e. The molecular weight excluding hydrogens is 865 g/mol. The molecule has 3 saturated carbocycles. The van der Waals surface area contributed by atoms with Gasteiger partial charge in [-0.15, -0.1) is 0 Å². The molecule has 3 aliphatic carbocycles. The highest BCUT2D eigenvalue weighted by Gasteiger charge is 2.48. The summed E-state index contributed by atoms with van der Waals surface area (Å²) in [4.78, 5) is 47.1. The lowest BCUT2D eigenvalue weighted by molar-refractivity contribution is -0.154. The van der Waals surface area contributed by atoms with Crippen molar-refractivity contribution in [2.24, 2.45) is 23.7 Å². The highest BCUT2D eigenvalue weighted by Crippen LogP contribution is 2.58. The van der Waals surface area contributed by atoms with Crippen molar-refractivity contribution < 1.29 is 57.1 Å². The molecule has 68 heavy (non-hydrogen) atoms. The fraction of sp³-hybridized carbons (Fsp3) is 0.643. The predicted molar refractivity (Wildman–Crippen MR) is 265 cm³/mol. The number of carbonyl (C=O) groups excluding carboxylic acids is 4. The van der Waals surface area contributed by atoms with E-state index in [0.717, 1.165) is 63.2 Å². The van der Waals surface area contributed by atoms with Gasteiger partial charge in [-0.2, -0.15) is 0 Å². The van der Waals surface area contributed by atoms with E-state index in [2.05, 4.69) is 13.2 Å². The number of carbonyl (C=O) groups is 4. The fourth-order valence-electron chi connectivity index (χ4n) is 8.99. The Hall–Kier alpha value is -4.36. The van der Waals surface area contributed by atoms with Gasteiger partial charge in [0.25, 0.3) is 0 Å².